The number of aldehydes is 1. The van der Waals surface area contributed by atoms with Gasteiger partial charge in [0.05, 0.1) is 12.8 Å². The monoisotopic (exact) mass is 522 g/mol. The third-order valence-electron chi connectivity index (χ3n) is 4.76. The van der Waals surface area contributed by atoms with E-state index >= 15 is 0 Å². The van der Waals surface area contributed by atoms with Crippen LogP contribution in [0.3, 0.4) is 0 Å². The maximum Gasteiger partial charge on any atom is 0.446 e. The van der Waals surface area contributed by atoms with Crippen LogP contribution < -0.4 is 21.3 Å². The molecule has 4 rings (SSSR count). The molecule has 6 bridgehead atoms. The third kappa shape index (κ3) is 8.10. The number of carbonyl (C=O) groups is 2. The van der Waals surface area contributed by atoms with Crippen molar-refractivity contribution in [2.24, 2.45) is 0 Å². The number of aryl methyl sites for hydroxylation is 2. The number of nitrogens with zero attached hydrogens (tertiary/aromatic N) is 2. The average Bonchev–Trinajstić information content (AvgIpc) is 2.85. The van der Waals surface area contributed by atoms with Crippen molar-refractivity contribution in [3.8, 4) is 0 Å². The standard InChI is InChI=1S/C21H21ClN6O2.C2HF3O/c22-17-12-24-20-26-15-3-1-2-13(10-15)4-5-14-11-16(25-19(17)28-20)6-7-18(14)27-21(30)23-8-9-29;3-2(4,5)1-6/h1-3,6-7,10-12,29H,4-5,8-9H2,(H2,23,27,30)(H2,24,25,26,28);1H. The van der Waals surface area contributed by atoms with Gasteiger partial charge in [0.15, 0.2) is 5.82 Å². The minimum atomic E-state index is -4.64. The number of urea groups is 1. The first kappa shape index (κ1) is 26.7. The summed E-state index contributed by atoms with van der Waals surface area (Å²) in [6, 6.07) is 13.3. The number of carbonyl (C=O) groups excluding carboxylic acids is 2. The van der Waals surface area contributed by atoms with Crippen molar-refractivity contribution in [1.29, 1.82) is 0 Å². The number of amides is 2. The molecule has 0 saturated carbocycles. The molecule has 13 heteroatoms. The summed E-state index contributed by atoms with van der Waals surface area (Å²) in [6.07, 6.45) is -2.66. The van der Waals surface area contributed by atoms with E-state index in [1.807, 2.05) is 36.4 Å². The van der Waals surface area contributed by atoms with E-state index in [0.29, 0.717) is 28.9 Å². The zero-order chi connectivity index (χ0) is 26.1. The van der Waals surface area contributed by atoms with Gasteiger partial charge in [0.25, 0.3) is 0 Å². The van der Waals surface area contributed by atoms with Crippen LogP contribution in [0.25, 0.3) is 0 Å². The summed E-state index contributed by atoms with van der Waals surface area (Å²) >= 11 is 6.28. The largest absolute Gasteiger partial charge is 0.446 e. The maximum atomic E-state index is 12.1. The van der Waals surface area contributed by atoms with Crippen LogP contribution in [-0.4, -0.2) is 46.7 Å². The fourth-order valence-corrected chi connectivity index (χ4v) is 3.34. The number of aliphatic hydroxyl groups excluding tert-OH is 1. The zero-order valence-corrected chi connectivity index (χ0v) is 19.5. The van der Waals surface area contributed by atoms with Crippen LogP contribution in [0, 0.1) is 0 Å². The van der Waals surface area contributed by atoms with E-state index in [1.54, 1.807) is 6.20 Å². The predicted molar refractivity (Wildman–Crippen MR) is 130 cm³/mol. The quantitative estimate of drug-likeness (QED) is 0.319. The first-order valence-corrected chi connectivity index (χ1v) is 11.0. The summed E-state index contributed by atoms with van der Waals surface area (Å²) < 4.78 is 31.2. The number of fused-ring (bicyclic) bond motifs is 6. The highest BCUT2D eigenvalue weighted by molar-refractivity contribution is 6.32. The first-order valence-electron chi connectivity index (χ1n) is 10.6. The van der Waals surface area contributed by atoms with Crippen molar-refractivity contribution < 1.29 is 27.9 Å². The van der Waals surface area contributed by atoms with Gasteiger partial charge in [0.1, 0.15) is 5.02 Å². The molecule has 2 aromatic carbocycles. The Hall–Kier alpha value is -3.90. The number of hydrogen-bond donors (Lipinski definition) is 5. The molecule has 0 radical (unpaired) electrons. The van der Waals surface area contributed by atoms with E-state index in [4.69, 9.17) is 21.5 Å². The van der Waals surface area contributed by atoms with Gasteiger partial charge in [-0.3, -0.25) is 4.79 Å². The number of nitrogens with one attached hydrogen (secondary N) is 4. The SMILES string of the molecule is O=C(NCCO)Nc1ccc2cc1CCc1cccc(c1)Nc1ncc(Cl)c(n1)N2.O=CC(F)(F)F. The molecule has 2 amide bonds. The van der Waals surface area contributed by atoms with Gasteiger partial charge < -0.3 is 26.4 Å². The number of benzene rings is 2. The summed E-state index contributed by atoms with van der Waals surface area (Å²) in [4.78, 5) is 29.5. The van der Waals surface area contributed by atoms with Crippen LogP contribution in [0.15, 0.2) is 48.7 Å². The highest BCUT2D eigenvalue weighted by Gasteiger charge is 2.24. The lowest BCUT2D eigenvalue weighted by Gasteiger charge is -2.15. The highest BCUT2D eigenvalue weighted by atomic mass is 35.5. The molecule has 3 aromatic rings. The molecule has 0 spiro atoms. The van der Waals surface area contributed by atoms with Crippen LogP contribution in [0.1, 0.15) is 11.1 Å². The molecule has 0 unspecified atom stereocenters. The van der Waals surface area contributed by atoms with Gasteiger partial charge in [-0.25, -0.2) is 9.78 Å². The second-order valence-electron chi connectivity index (χ2n) is 7.48. The van der Waals surface area contributed by atoms with E-state index in [-0.39, 0.29) is 19.2 Å². The second kappa shape index (κ2) is 12.2. The number of halogens is 4. The summed E-state index contributed by atoms with van der Waals surface area (Å²) in [7, 11) is 0. The van der Waals surface area contributed by atoms with E-state index in [2.05, 4.69) is 37.3 Å². The zero-order valence-electron chi connectivity index (χ0n) is 18.7. The van der Waals surface area contributed by atoms with Crippen LogP contribution in [0.4, 0.5) is 46.8 Å². The first-order chi connectivity index (χ1) is 17.2. The number of alkyl halides is 3. The van der Waals surface area contributed by atoms with Gasteiger partial charge in [0.2, 0.25) is 12.2 Å². The van der Waals surface area contributed by atoms with Gasteiger partial charge >= 0.3 is 12.2 Å². The van der Waals surface area contributed by atoms with Gasteiger partial charge in [0, 0.05) is 23.6 Å². The Morgan fingerprint density at radius 1 is 1.14 bits per heavy atom. The third-order valence-corrected chi connectivity index (χ3v) is 5.03. The van der Waals surface area contributed by atoms with Crippen molar-refractivity contribution >= 4 is 52.7 Å². The number of hydrogen-bond acceptors (Lipinski definition) is 7. The Labute approximate surface area is 209 Å². The van der Waals surface area contributed by atoms with Crippen molar-refractivity contribution in [1.82, 2.24) is 15.3 Å². The smallest absolute Gasteiger partial charge is 0.395 e. The molecule has 0 fully saturated rings. The van der Waals surface area contributed by atoms with Gasteiger partial charge in [-0.05, 0) is 54.3 Å². The molecular weight excluding hydrogens is 501 g/mol. The fourth-order valence-electron chi connectivity index (χ4n) is 3.20. The molecule has 2 heterocycles. The van der Waals surface area contributed by atoms with Gasteiger partial charge in [-0.1, -0.05) is 23.7 Å². The average molecular weight is 523 g/mol. The minimum Gasteiger partial charge on any atom is -0.395 e. The lowest BCUT2D eigenvalue weighted by Crippen LogP contribution is -2.31. The van der Waals surface area contributed by atoms with E-state index < -0.39 is 12.5 Å². The molecule has 36 heavy (non-hydrogen) atoms. The minimum absolute atomic E-state index is 0.116. The molecule has 1 aromatic heterocycles. The summed E-state index contributed by atoms with van der Waals surface area (Å²) in [5.74, 6) is 0.925. The van der Waals surface area contributed by atoms with Crippen molar-refractivity contribution in [2.75, 3.05) is 29.1 Å². The number of aromatic nitrogens is 2. The van der Waals surface area contributed by atoms with Crippen LogP contribution in [0.2, 0.25) is 5.02 Å². The normalized spacial score (nSPS) is 12.1. The summed E-state index contributed by atoms with van der Waals surface area (Å²) in [6.45, 7) is 0.0737. The topological polar surface area (TPSA) is 128 Å². The van der Waals surface area contributed by atoms with Crippen LogP contribution >= 0.6 is 11.6 Å². The molecule has 1 aliphatic rings. The molecule has 190 valence electrons. The van der Waals surface area contributed by atoms with E-state index in [9.17, 15) is 18.0 Å². The van der Waals surface area contributed by atoms with Crippen LogP contribution in [-0.2, 0) is 17.6 Å². The van der Waals surface area contributed by atoms with E-state index in [0.717, 1.165) is 28.9 Å². The van der Waals surface area contributed by atoms with Crippen molar-refractivity contribution in [3.63, 3.8) is 0 Å². The van der Waals surface area contributed by atoms with Gasteiger partial charge in [-0.15, -0.1) is 0 Å². The Bertz CT molecular complexity index is 1230. The van der Waals surface area contributed by atoms with Crippen LogP contribution in [0.5, 0.6) is 0 Å². The molecule has 5 N–H and O–H groups in total. The maximum absolute atomic E-state index is 12.1. The van der Waals surface area contributed by atoms with E-state index in [1.165, 1.54) is 0 Å². The molecular formula is C23H22ClF3N6O3. The van der Waals surface area contributed by atoms with Gasteiger partial charge in [-0.2, -0.15) is 18.2 Å². The Morgan fingerprint density at radius 3 is 2.61 bits per heavy atom. The molecule has 0 aliphatic carbocycles. The Balaban J connectivity index is 0.000000538. The number of aliphatic hydroxyl groups is 1. The summed E-state index contributed by atoms with van der Waals surface area (Å²) in [5, 5.41) is 21.2. The number of rotatable bonds is 3. The lowest BCUT2D eigenvalue weighted by atomic mass is 10.0. The molecule has 0 saturated heterocycles. The molecule has 0 atom stereocenters. The second-order valence-corrected chi connectivity index (χ2v) is 7.88. The Morgan fingerprint density at radius 2 is 1.89 bits per heavy atom. The molecule has 9 nitrogen and oxygen atoms in total. The predicted octanol–water partition coefficient (Wildman–Crippen LogP) is 4.58. The number of anilines is 5. The fraction of sp³-hybridized carbons (Fsp3) is 0.217. The molecule has 1 aliphatic heterocycles. The van der Waals surface area contributed by atoms with Crippen molar-refractivity contribution in [3.05, 3.63) is 64.8 Å². The lowest BCUT2D eigenvalue weighted by molar-refractivity contribution is -0.156. The van der Waals surface area contributed by atoms with Crippen molar-refractivity contribution in [2.45, 2.75) is 19.0 Å². The highest BCUT2D eigenvalue weighted by Crippen LogP contribution is 2.29. The Kier molecular flexibility index (Phi) is 9.03. The summed E-state index contributed by atoms with van der Waals surface area (Å²) in [5.41, 5.74) is 4.48.